The van der Waals surface area contributed by atoms with E-state index in [4.69, 9.17) is 16.3 Å². The van der Waals surface area contributed by atoms with Gasteiger partial charge in [-0.3, -0.25) is 14.7 Å². The van der Waals surface area contributed by atoms with E-state index in [0.717, 1.165) is 31.6 Å². The quantitative estimate of drug-likeness (QED) is 0.865. The third-order valence-electron chi connectivity index (χ3n) is 4.63. The predicted molar refractivity (Wildman–Crippen MR) is 99.5 cm³/mol. The molecular formula is C18H22ClN5O2. The number of anilines is 1. The van der Waals surface area contributed by atoms with Gasteiger partial charge in [0.05, 0.1) is 36.3 Å². The molecule has 2 atom stereocenters. The standard InChI is InChI=1S/C18H22ClN5O2/c1-12(18(25)23-16-6-5-14(19)8-21-16)24-7-3-4-13(11-24)15-9-22-17(26-2)10-20-15/h5-6,8-10,12-13H,3-4,7,11H2,1-2H3,(H,21,23,25)/t12-,13?/m0/s1. The van der Waals surface area contributed by atoms with Crippen LogP contribution >= 0.6 is 11.6 Å². The Morgan fingerprint density at radius 3 is 2.81 bits per heavy atom. The van der Waals surface area contributed by atoms with Crippen molar-refractivity contribution < 1.29 is 9.53 Å². The minimum Gasteiger partial charge on any atom is -0.480 e. The van der Waals surface area contributed by atoms with Crippen LogP contribution in [0.4, 0.5) is 5.82 Å². The summed E-state index contributed by atoms with van der Waals surface area (Å²) in [5.74, 6) is 1.18. The van der Waals surface area contributed by atoms with E-state index < -0.39 is 0 Å². The molecular weight excluding hydrogens is 354 g/mol. The number of halogens is 1. The summed E-state index contributed by atoms with van der Waals surface area (Å²) in [4.78, 5) is 27.5. The molecule has 1 aliphatic rings. The lowest BCUT2D eigenvalue weighted by atomic mass is 9.94. The average molecular weight is 376 g/mol. The number of likely N-dealkylation sites (tertiary alicyclic amines) is 1. The Labute approximate surface area is 157 Å². The van der Waals surface area contributed by atoms with Crippen LogP contribution in [0.15, 0.2) is 30.7 Å². The highest BCUT2D eigenvalue weighted by Crippen LogP contribution is 2.27. The molecule has 2 aromatic rings. The number of aromatic nitrogens is 3. The van der Waals surface area contributed by atoms with Crippen LogP contribution in [0.25, 0.3) is 0 Å². The fourth-order valence-electron chi connectivity index (χ4n) is 3.09. The van der Waals surface area contributed by atoms with E-state index >= 15 is 0 Å². The summed E-state index contributed by atoms with van der Waals surface area (Å²) < 4.78 is 5.06. The molecule has 7 nitrogen and oxygen atoms in total. The second kappa shape index (κ2) is 8.42. The van der Waals surface area contributed by atoms with Crippen LogP contribution < -0.4 is 10.1 Å². The summed E-state index contributed by atoms with van der Waals surface area (Å²) in [5, 5.41) is 3.38. The smallest absolute Gasteiger partial charge is 0.242 e. The summed E-state index contributed by atoms with van der Waals surface area (Å²) in [6.45, 7) is 3.56. The van der Waals surface area contributed by atoms with Crippen molar-refractivity contribution in [3.63, 3.8) is 0 Å². The molecule has 3 rings (SSSR count). The summed E-state index contributed by atoms with van der Waals surface area (Å²) in [6, 6.07) is 3.13. The molecule has 2 aromatic heterocycles. The average Bonchev–Trinajstić information content (AvgIpc) is 2.69. The Balaban J connectivity index is 1.62. The molecule has 1 unspecified atom stereocenters. The maximum atomic E-state index is 12.6. The first kappa shape index (κ1) is 18.5. The fourth-order valence-corrected chi connectivity index (χ4v) is 3.20. The van der Waals surface area contributed by atoms with Gasteiger partial charge in [0.2, 0.25) is 11.8 Å². The second-order valence-corrected chi connectivity index (χ2v) is 6.78. The molecule has 1 N–H and O–H groups in total. The third kappa shape index (κ3) is 4.47. The van der Waals surface area contributed by atoms with Crippen molar-refractivity contribution in [3.05, 3.63) is 41.4 Å². The zero-order valence-electron chi connectivity index (χ0n) is 14.9. The van der Waals surface area contributed by atoms with Crippen LogP contribution in [0.3, 0.4) is 0 Å². The molecule has 3 heterocycles. The first-order chi connectivity index (χ1) is 12.6. The number of methoxy groups -OCH3 is 1. The molecule has 0 bridgehead atoms. The number of piperidine rings is 1. The fraction of sp³-hybridized carbons (Fsp3) is 0.444. The molecule has 1 aliphatic heterocycles. The molecule has 0 radical (unpaired) electrons. The van der Waals surface area contributed by atoms with E-state index in [1.165, 1.54) is 6.20 Å². The topological polar surface area (TPSA) is 80.2 Å². The van der Waals surface area contributed by atoms with Gasteiger partial charge in [-0.05, 0) is 38.4 Å². The number of carbonyl (C=O) groups is 1. The van der Waals surface area contributed by atoms with Crippen LogP contribution in [-0.4, -0.2) is 52.0 Å². The first-order valence-electron chi connectivity index (χ1n) is 8.59. The maximum absolute atomic E-state index is 12.6. The van der Waals surface area contributed by atoms with Crippen molar-refractivity contribution in [2.24, 2.45) is 0 Å². The highest BCUT2D eigenvalue weighted by molar-refractivity contribution is 6.30. The van der Waals surface area contributed by atoms with E-state index in [0.29, 0.717) is 16.7 Å². The van der Waals surface area contributed by atoms with E-state index in [1.54, 1.807) is 31.6 Å². The van der Waals surface area contributed by atoms with Gasteiger partial charge in [0.1, 0.15) is 5.82 Å². The SMILES string of the molecule is COc1cnc(C2CCCN([C@@H](C)C(=O)Nc3ccc(Cl)cn3)C2)cn1. The lowest BCUT2D eigenvalue weighted by molar-refractivity contribution is -0.121. The molecule has 138 valence electrons. The number of amides is 1. The van der Waals surface area contributed by atoms with Gasteiger partial charge in [0.15, 0.2) is 0 Å². The normalized spacial score (nSPS) is 19.0. The van der Waals surface area contributed by atoms with Gasteiger partial charge in [-0.15, -0.1) is 0 Å². The number of pyridine rings is 1. The lowest BCUT2D eigenvalue weighted by Gasteiger charge is -2.35. The molecule has 0 saturated carbocycles. The molecule has 1 saturated heterocycles. The van der Waals surface area contributed by atoms with Crippen molar-refractivity contribution >= 4 is 23.3 Å². The molecule has 0 spiro atoms. The number of nitrogens with one attached hydrogen (secondary N) is 1. The zero-order chi connectivity index (χ0) is 18.5. The van der Waals surface area contributed by atoms with E-state index in [9.17, 15) is 4.79 Å². The monoisotopic (exact) mass is 375 g/mol. The Morgan fingerprint density at radius 2 is 2.15 bits per heavy atom. The summed E-state index contributed by atoms with van der Waals surface area (Å²) in [6.07, 6.45) is 6.95. The summed E-state index contributed by atoms with van der Waals surface area (Å²) >= 11 is 5.82. The number of hydrogen-bond donors (Lipinski definition) is 1. The number of hydrogen-bond acceptors (Lipinski definition) is 6. The van der Waals surface area contributed by atoms with Gasteiger partial charge in [-0.1, -0.05) is 11.6 Å². The largest absolute Gasteiger partial charge is 0.480 e. The summed E-state index contributed by atoms with van der Waals surface area (Å²) in [5.41, 5.74) is 0.933. The molecule has 26 heavy (non-hydrogen) atoms. The lowest BCUT2D eigenvalue weighted by Crippen LogP contribution is -2.46. The highest BCUT2D eigenvalue weighted by atomic mass is 35.5. The van der Waals surface area contributed by atoms with Crippen LogP contribution in [0.2, 0.25) is 5.02 Å². The number of rotatable bonds is 5. The number of ether oxygens (including phenoxy) is 1. The van der Waals surface area contributed by atoms with E-state index in [1.807, 2.05) is 6.92 Å². The third-order valence-corrected chi connectivity index (χ3v) is 4.86. The molecule has 1 fully saturated rings. The molecule has 8 heteroatoms. The van der Waals surface area contributed by atoms with Crippen molar-refractivity contribution in [1.82, 2.24) is 19.9 Å². The predicted octanol–water partition coefficient (Wildman–Crippen LogP) is 2.74. The van der Waals surface area contributed by atoms with Crippen molar-refractivity contribution in [3.8, 4) is 5.88 Å². The molecule has 1 amide bonds. The van der Waals surface area contributed by atoms with Gasteiger partial charge in [0.25, 0.3) is 0 Å². The van der Waals surface area contributed by atoms with Crippen LogP contribution in [0.5, 0.6) is 5.88 Å². The van der Waals surface area contributed by atoms with Crippen LogP contribution in [-0.2, 0) is 4.79 Å². The minimum atomic E-state index is -0.263. The Kier molecular flexibility index (Phi) is 6.00. The Hall–Kier alpha value is -2.25. The van der Waals surface area contributed by atoms with E-state index in [-0.39, 0.29) is 17.9 Å². The van der Waals surface area contributed by atoms with Crippen molar-refractivity contribution in [2.75, 3.05) is 25.5 Å². The zero-order valence-corrected chi connectivity index (χ0v) is 15.6. The Bertz CT molecular complexity index is 738. The highest BCUT2D eigenvalue weighted by Gasteiger charge is 2.29. The van der Waals surface area contributed by atoms with Crippen LogP contribution in [0.1, 0.15) is 31.4 Å². The summed E-state index contributed by atoms with van der Waals surface area (Å²) in [7, 11) is 1.57. The first-order valence-corrected chi connectivity index (χ1v) is 8.97. The Morgan fingerprint density at radius 1 is 1.31 bits per heavy atom. The minimum absolute atomic E-state index is 0.0821. The van der Waals surface area contributed by atoms with Crippen LogP contribution in [0, 0.1) is 0 Å². The maximum Gasteiger partial charge on any atom is 0.242 e. The second-order valence-electron chi connectivity index (χ2n) is 6.34. The van der Waals surface area contributed by atoms with Gasteiger partial charge < -0.3 is 10.1 Å². The van der Waals surface area contributed by atoms with Crippen molar-refractivity contribution in [2.45, 2.75) is 31.7 Å². The molecule has 0 aliphatic carbocycles. The van der Waals surface area contributed by atoms with Gasteiger partial charge >= 0.3 is 0 Å². The van der Waals surface area contributed by atoms with E-state index in [2.05, 4.69) is 25.2 Å². The number of carbonyl (C=O) groups excluding carboxylic acids is 1. The van der Waals surface area contributed by atoms with Crippen molar-refractivity contribution in [1.29, 1.82) is 0 Å². The van der Waals surface area contributed by atoms with Gasteiger partial charge in [-0.25, -0.2) is 9.97 Å². The van der Waals surface area contributed by atoms with Gasteiger partial charge in [0, 0.05) is 18.7 Å². The van der Waals surface area contributed by atoms with Gasteiger partial charge in [-0.2, -0.15) is 0 Å². The number of nitrogens with zero attached hydrogens (tertiary/aromatic N) is 4. The molecule has 0 aromatic carbocycles.